The van der Waals surface area contributed by atoms with Crippen molar-refractivity contribution in [3.63, 3.8) is 0 Å². The van der Waals surface area contributed by atoms with Gasteiger partial charge >= 0.3 is 0 Å². The number of hydrogen-bond donors (Lipinski definition) is 2. The first-order valence-electron chi connectivity index (χ1n) is 6.89. The standard InChI is InChI=1S/C16H25NO2/c1-11(2)7-15(18)10-17-16(19)9-14-8-12(3)5-6-13(14)4/h5-6,8,11,15,18H,7,9-10H2,1-4H3,(H,17,19). The van der Waals surface area contributed by atoms with Gasteiger partial charge in [-0.3, -0.25) is 4.79 Å². The summed E-state index contributed by atoms with van der Waals surface area (Å²) in [5, 5.41) is 12.5. The van der Waals surface area contributed by atoms with Gasteiger partial charge in [-0.2, -0.15) is 0 Å². The minimum absolute atomic E-state index is 0.0310. The van der Waals surface area contributed by atoms with Gasteiger partial charge in [-0.15, -0.1) is 0 Å². The van der Waals surface area contributed by atoms with Crippen LogP contribution in [0.4, 0.5) is 0 Å². The zero-order valence-electron chi connectivity index (χ0n) is 12.4. The van der Waals surface area contributed by atoms with Gasteiger partial charge in [0.25, 0.3) is 0 Å². The Kier molecular flexibility index (Phi) is 6.03. The normalized spacial score (nSPS) is 12.5. The molecular formula is C16H25NO2. The molecular weight excluding hydrogens is 238 g/mol. The molecule has 1 amide bonds. The number of aryl methyl sites for hydroxylation is 2. The van der Waals surface area contributed by atoms with E-state index in [2.05, 4.69) is 19.2 Å². The molecule has 0 saturated heterocycles. The minimum atomic E-state index is -0.456. The molecule has 0 spiro atoms. The van der Waals surface area contributed by atoms with Gasteiger partial charge in [0.15, 0.2) is 0 Å². The average Bonchev–Trinajstić information content (AvgIpc) is 2.30. The van der Waals surface area contributed by atoms with Crippen LogP contribution >= 0.6 is 0 Å². The van der Waals surface area contributed by atoms with Crippen LogP contribution in [-0.2, 0) is 11.2 Å². The van der Waals surface area contributed by atoms with Crippen molar-refractivity contribution in [1.82, 2.24) is 5.32 Å². The molecule has 0 aliphatic rings. The van der Waals surface area contributed by atoms with E-state index in [1.54, 1.807) is 0 Å². The predicted octanol–water partition coefficient (Wildman–Crippen LogP) is 2.37. The molecule has 3 heteroatoms. The Morgan fingerprint density at radius 1 is 1.32 bits per heavy atom. The lowest BCUT2D eigenvalue weighted by Gasteiger charge is -2.14. The van der Waals surface area contributed by atoms with E-state index < -0.39 is 6.10 Å². The Hall–Kier alpha value is -1.35. The van der Waals surface area contributed by atoms with Crippen LogP contribution in [0.1, 0.15) is 37.0 Å². The minimum Gasteiger partial charge on any atom is -0.391 e. The van der Waals surface area contributed by atoms with Crippen molar-refractivity contribution in [1.29, 1.82) is 0 Å². The fraction of sp³-hybridized carbons (Fsp3) is 0.562. The van der Waals surface area contributed by atoms with Gasteiger partial charge in [0.2, 0.25) is 5.91 Å². The Balaban J connectivity index is 2.45. The van der Waals surface area contributed by atoms with Crippen molar-refractivity contribution in [2.75, 3.05) is 6.54 Å². The SMILES string of the molecule is Cc1ccc(C)c(CC(=O)NCC(O)CC(C)C)c1. The topological polar surface area (TPSA) is 49.3 Å². The summed E-state index contributed by atoms with van der Waals surface area (Å²) in [5.74, 6) is 0.405. The lowest BCUT2D eigenvalue weighted by atomic mass is 10.0. The number of aliphatic hydroxyl groups is 1. The highest BCUT2D eigenvalue weighted by molar-refractivity contribution is 5.79. The van der Waals surface area contributed by atoms with Crippen molar-refractivity contribution in [3.8, 4) is 0 Å². The lowest BCUT2D eigenvalue weighted by molar-refractivity contribution is -0.120. The van der Waals surface area contributed by atoms with E-state index in [9.17, 15) is 9.90 Å². The first-order valence-corrected chi connectivity index (χ1v) is 6.89. The highest BCUT2D eigenvalue weighted by atomic mass is 16.3. The summed E-state index contributed by atoms with van der Waals surface area (Å²) in [6, 6.07) is 6.12. The van der Waals surface area contributed by atoms with E-state index in [0.29, 0.717) is 25.3 Å². The summed E-state index contributed by atoms with van der Waals surface area (Å²) >= 11 is 0. The summed E-state index contributed by atoms with van der Waals surface area (Å²) in [4.78, 5) is 11.8. The van der Waals surface area contributed by atoms with Crippen LogP contribution in [0.5, 0.6) is 0 Å². The number of benzene rings is 1. The van der Waals surface area contributed by atoms with Crippen LogP contribution in [-0.4, -0.2) is 23.7 Å². The van der Waals surface area contributed by atoms with Gasteiger partial charge < -0.3 is 10.4 Å². The molecule has 0 saturated carbocycles. The summed E-state index contributed by atoms with van der Waals surface area (Å²) in [5.41, 5.74) is 3.34. The fourth-order valence-electron chi connectivity index (χ4n) is 2.09. The quantitative estimate of drug-likeness (QED) is 0.828. The number of carbonyl (C=O) groups is 1. The van der Waals surface area contributed by atoms with Crippen molar-refractivity contribution in [2.45, 2.75) is 46.6 Å². The summed E-state index contributed by atoms with van der Waals surface area (Å²) in [6.45, 7) is 8.48. The zero-order chi connectivity index (χ0) is 14.4. The van der Waals surface area contributed by atoms with E-state index >= 15 is 0 Å². The molecule has 2 N–H and O–H groups in total. The van der Waals surface area contributed by atoms with Gasteiger partial charge in [-0.05, 0) is 37.3 Å². The van der Waals surface area contributed by atoms with E-state index in [1.807, 2.05) is 32.0 Å². The molecule has 0 aliphatic carbocycles. The molecule has 1 unspecified atom stereocenters. The molecule has 0 aliphatic heterocycles. The van der Waals surface area contributed by atoms with Crippen molar-refractivity contribution in [2.24, 2.45) is 5.92 Å². The van der Waals surface area contributed by atoms with E-state index in [4.69, 9.17) is 0 Å². The van der Waals surface area contributed by atoms with E-state index in [-0.39, 0.29) is 5.91 Å². The highest BCUT2D eigenvalue weighted by Gasteiger charge is 2.10. The number of aliphatic hydroxyl groups excluding tert-OH is 1. The number of amides is 1. The molecule has 1 rings (SSSR count). The Bertz CT molecular complexity index is 427. The van der Waals surface area contributed by atoms with E-state index in [1.165, 1.54) is 0 Å². The third-order valence-corrected chi connectivity index (χ3v) is 3.13. The van der Waals surface area contributed by atoms with Gasteiger partial charge in [0, 0.05) is 6.54 Å². The summed E-state index contributed by atoms with van der Waals surface area (Å²) in [7, 11) is 0. The van der Waals surface area contributed by atoms with Crippen LogP contribution < -0.4 is 5.32 Å². The Labute approximate surface area is 116 Å². The first-order chi connectivity index (χ1) is 8.88. The van der Waals surface area contributed by atoms with Crippen molar-refractivity contribution < 1.29 is 9.90 Å². The second-order valence-electron chi connectivity index (χ2n) is 5.69. The third-order valence-electron chi connectivity index (χ3n) is 3.13. The fourth-order valence-corrected chi connectivity index (χ4v) is 2.09. The molecule has 0 aromatic heterocycles. The molecule has 1 aromatic carbocycles. The molecule has 106 valence electrons. The molecule has 1 aromatic rings. The van der Waals surface area contributed by atoms with Crippen LogP contribution in [0.3, 0.4) is 0 Å². The molecule has 1 atom stereocenters. The maximum atomic E-state index is 11.8. The molecule has 0 radical (unpaired) electrons. The van der Waals surface area contributed by atoms with Gasteiger partial charge in [0.05, 0.1) is 12.5 Å². The molecule has 19 heavy (non-hydrogen) atoms. The smallest absolute Gasteiger partial charge is 0.224 e. The zero-order valence-corrected chi connectivity index (χ0v) is 12.4. The van der Waals surface area contributed by atoms with Gasteiger partial charge in [-0.1, -0.05) is 37.6 Å². The lowest BCUT2D eigenvalue weighted by Crippen LogP contribution is -2.33. The number of rotatable bonds is 6. The third kappa shape index (κ3) is 5.88. The Morgan fingerprint density at radius 3 is 2.63 bits per heavy atom. The number of hydrogen-bond acceptors (Lipinski definition) is 2. The Morgan fingerprint density at radius 2 is 2.00 bits per heavy atom. The largest absolute Gasteiger partial charge is 0.391 e. The summed E-state index contributed by atoms with van der Waals surface area (Å²) < 4.78 is 0. The second-order valence-corrected chi connectivity index (χ2v) is 5.69. The van der Waals surface area contributed by atoms with E-state index in [0.717, 1.165) is 16.7 Å². The number of nitrogens with one attached hydrogen (secondary N) is 1. The predicted molar refractivity (Wildman–Crippen MR) is 78.1 cm³/mol. The van der Waals surface area contributed by atoms with Crippen LogP contribution in [0.15, 0.2) is 18.2 Å². The maximum absolute atomic E-state index is 11.8. The average molecular weight is 263 g/mol. The van der Waals surface area contributed by atoms with Crippen LogP contribution in [0, 0.1) is 19.8 Å². The molecule has 0 heterocycles. The molecule has 0 fully saturated rings. The first kappa shape index (κ1) is 15.7. The monoisotopic (exact) mass is 263 g/mol. The summed E-state index contributed by atoms with van der Waals surface area (Å²) in [6.07, 6.45) is 0.633. The number of carbonyl (C=O) groups excluding carboxylic acids is 1. The second kappa shape index (κ2) is 7.29. The van der Waals surface area contributed by atoms with Crippen LogP contribution in [0.2, 0.25) is 0 Å². The maximum Gasteiger partial charge on any atom is 0.224 e. The van der Waals surface area contributed by atoms with Gasteiger partial charge in [0.1, 0.15) is 0 Å². The molecule has 3 nitrogen and oxygen atoms in total. The van der Waals surface area contributed by atoms with Gasteiger partial charge in [-0.25, -0.2) is 0 Å². The highest BCUT2D eigenvalue weighted by Crippen LogP contribution is 2.11. The molecule has 0 bridgehead atoms. The van der Waals surface area contributed by atoms with Crippen molar-refractivity contribution >= 4 is 5.91 Å². The van der Waals surface area contributed by atoms with Crippen LogP contribution in [0.25, 0.3) is 0 Å². The van der Waals surface area contributed by atoms with Crippen molar-refractivity contribution in [3.05, 3.63) is 34.9 Å².